The molecule has 0 bridgehead atoms. The van der Waals surface area contributed by atoms with Gasteiger partial charge in [-0.1, -0.05) is 26.7 Å². The normalized spacial score (nSPS) is 17.3. The second-order valence-electron chi connectivity index (χ2n) is 6.67. The maximum Gasteiger partial charge on any atom is 0.133 e. The Bertz CT molecular complexity index is 402. The van der Waals surface area contributed by atoms with Crippen LogP contribution in [0.3, 0.4) is 0 Å². The Morgan fingerprint density at radius 3 is 2.53 bits per heavy atom. The lowest BCUT2D eigenvalue weighted by atomic mass is 9.84. The third kappa shape index (κ3) is 3.56. The van der Waals surface area contributed by atoms with Gasteiger partial charge in [0.25, 0.3) is 0 Å². The summed E-state index contributed by atoms with van der Waals surface area (Å²) in [5.41, 5.74) is 5.98. The summed E-state index contributed by atoms with van der Waals surface area (Å²) in [6, 6.07) is 0.641. The van der Waals surface area contributed by atoms with Crippen LogP contribution in [0.1, 0.15) is 70.1 Å². The molecule has 0 saturated heterocycles. The minimum atomic E-state index is 0.301. The van der Waals surface area contributed by atoms with Crippen molar-refractivity contribution in [1.82, 2.24) is 14.8 Å². The molecule has 1 fully saturated rings. The van der Waals surface area contributed by atoms with Crippen LogP contribution in [0.25, 0.3) is 0 Å². The van der Waals surface area contributed by atoms with Crippen LogP contribution in [0.4, 0.5) is 0 Å². The van der Waals surface area contributed by atoms with Crippen molar-refractivity contribution in [3.8, 4) is 0 Å². The summed E-state index contributed by atoms with van der Waals surface area (Å²) >= 11 is 0. The number of nitrogens with two attached hydrogens (primary N) is 1. The van der Waals surface area contributed by atoms with Gasteiger partial charge in [-0.25, -0.2) is 0 Å². The predicted octanol–water partition coefficient (Wildman–Crippen LogP) is 3.01. The summed E-state index contributed by atoms with van der Waals surface area (Å²) in [6.45, 7) is 7.44. The standard InChI is InChI=1S/C15H28N4/c1-12-17-18-14(8-9-15(2,3)10-11-16)19(12)13-6-4-5-7-13/h13H,4-11,16H2,1-3H3. The minimum absolute atomic E-state index is 0.301. The largest absolute Gasteiger partial charge is 0.330 e. The second kappa shape index (κ2) is 6.04. The highest BCUT2D eigenvalue weighted by atomic mass is 15.3. The minimum Gasteiger partial charge on any atom is -0.330 e. The molecule has 0 atom stereocenters. The van der Waals surface area contributed by atoms with Crippen LogP contribution in [0.15, 0.2) is 0 Å². The van der Waals surface area contributed by atoms with Gasteiger partial charge in [0.15, 0.2) is 0 Å². The summed E-state index contributed by atoms with van der Waals surface area (Å²) in [6.07, 6.45) is 8.50. The van der Waals surface area contributed by atoms with Crippen LogP contribution in [-0.2, 0) is 6.42 Å². The molecule has 4 nitrogen and oxygen atoms in total. The molecule has 1 heterocycles. The first-order valence-electron chi connectivity index (χ1n) is 7.64. The first-order chi connectivity index (χ1) is 9.03. The summed E-state index contributed by atoms with van der Waals surface area (Å²) in [5, 5.41) is 8.70. The summed E-state index contributed by atoms with van der Waals surface area (Å²) < 4.78 is 2.39. The molecule has 0 aromatic carbocycles. The molecule has 4 heteroatoms. The van der Waals surface area contributed by atoms with Crippen molar-refractivity contribution < 1.29 is 0 Å². The zero-order valence-corrected chi connectivity index (χ0v) is 12.7. The topological polar surface area (TPSA) is 56.7 Å². The van der Waals surface area contributed by atoms with Gasteiger partial charge < -0.3 is 10.3 Å². The molecule has 1 aliphatic rings. The quantitative estimate of drug-likeness (QED) is 0.859. The first-order valence-corrected chi connectivity index (χ1v) is 7.64. The van der Waals surface area contributed by atoms with E-state index in [4.69, 9.17) is 5.73 Å². The number of hydrogen-bond donors (Lipinski definition) is 1. The number of nitrogens with zero attached hydrogens (tertiary/aromatic N) is 3. The predicted molar refractivity (Wildman–Crippen MR) is 78.0 cm³/mol. The van der Waals surface area contributed by atoms with E-state index in [1.165, 1.54) is 31.5 Å². The third-order valence-corrected chi connectivity index (χ3v) is 4.47. The Balaban J connectivity index is 2.04. The lowest BCUT2D eigenvalue weighted by Gasteiger charge is -2.24. The fourth-order valence-electron chi connectivity index (χ4n) is 3.19. The lowest BCUT2D eigenvalue weighted by molar-refractivity contribution is 0.307. The van der Waals surface area contributed by atoms with Crippen LogP contribution in [0.5, 0.6) is 0 Å². The van der Waals surface area contributed by atoms with Gasteiger partial charge in [-0.15, -0.1) is 10.2 Å². The van der Waals surface area contributed by atoms with Gasteiger partial charge in [-0.3, -0.25) is 0 Å². The molecule has 108 valence electrons. The Morgan fingerprint density at radius 2 is 1.89 bits per heavy atom. The molecule has 19 heavy (non-hydrogen) atoms. The highest BCUT2D eigenvalue weighted by Gasteiger charge is 2.24. The molecule has 2 rings (SSSR count). The Kier molecular flexibility index (Phi) is 4.61. The lowest BCUT2D eigenvalue weighted by Crippen LogP contribution is -2.19. The second-order valence-corrected chi connectivity index (χ2v) is 6.67. The van der Waals surface area contributed by atoms with E-state index in [0.29, 0.717) is 11.5 Å². The van der Waals surface area contributed by atoms with Crippen molar-refractivity contribution in [2.75, 3.05) is 6.54 Å². The van der Waals surface area contributed by atoms with Crippen molar-refractivity contribution in [3.05, 3.63) is 11.6 Å². The van der Waals surface area contributed by atoms with E-state index >= 15 is 0 Å². The van der Waals surface area contributed by atoms with E-state index in [0.717, 1.165) is 31.6 Å². The van der Waals surface area contributed by atoms with Gasteiger partial charge in [0.2, 0.25) is 0 Å². The smallest absolute Gasteiger partial charge is 0.133 e. The SMILES string of the molecule is Cc1nnc(CCC(C)(C)CCN)n1C1CCCC1. The molecule has 0 unspecified atom stereocenters. The molecule has 0 aliphatic heterocycles. The zero-order valence-electron chi connectivity index (χ0n) is 12.7. The van der Waals surface area contributed by atoms with E-state index in [1.54, 1.807) is 0 Å². The van der Waals surface area contributed by atoms with Crippen molar-refractivity contribution in [2.45, 2.75) is 71.8 Å². The Labute approximate surface area is 116 Å². The van der Waals surface area contributed by atoms with Crippen LogP contribution < -0.4 is 5.73 Å². The molecule has 0 radical (unpaired) electrons. The van der Waals surface area contributed by atoms with Crippen LogP contribution in [0.2, 0.25) is 0 Å². The molecular formula is C15H28N4. The van der Waals surface area contributed by atoms with Gasteiger partial charge in [0, 0.05) is 12.5 Å². The summed E-state index contributed by atoms with van der Waals surface area (Å²) in [4.78, 5) is 0. The number of aryl methyl sites for hydroxylation is 2. The number of hydrogen-bond acceptors (Lipinski definition) is 3. The fraction of sp³-hybridized carbons (Fsp3) is 0.867. The van der Waals surface area contributed by atoms with Crippen molar-refractivity contribution in [3.63, 3.8) is 0 Å². The van der Waals surface area contributed by atoms with Gasteiger partial charge >= 0.3 is 0 Å². The maximum atomic E-state index is 5.68. The number of rotatable bonds is 6. The molecule has 0 amide bonds. The molecule has 1 aliphatic carbocycles. The average molecular weight is 264 g/mol. The maximum absolute atomic E-state index is 5.68. The van der Waals surface area contributed by atoms with E-state index in [9.17, 15) is 0 Å². The zero-order chi connectivity index (χ0) is 13.9. The summed E-state index contributed by atoms with van der Waals surface area (Å²) in [5.74, 6) is 2.26. The van der Waals surface area contributed by atoms with Gasteiger partial charge in [0.05, 0.1) is 0 Å². The van der Waals surface area contributed by atoms with E-state index in [-0.39, 0.29) is 0 Å². The van der Waals surface area contributed by atoms with E-state index in [2.05, 4.69) is 35.5 Å². The monoisotopic (exact) mass is 264 g/mol. The number of aromatic nitrogens is 3. The summed E-state index contributed by atoms with van der Waals surface area (Å²) in [7, 11) is 0. The average Bonchev–Trinajstić information content (AvgIpc) is 2.95. The fourth-order valence-corrected chi connectivity index (χ4v) is 3.19. The van der Waals surface area contributed by atoms with Crippen molar-refractivity contribution in [2.24, 2.45) is 11.1 Å². The van der Waals surface area contributed by atoms with Gasteiger partial charge in [-0.2, -0.15) is 0 Å². The van der Waals surface area contributed by atoms with E-state index in [1.807, 2.05) is 0 Å². The molecule has 2 N–H and O–H groups in total. The van der Waals surface area contributed by atoms with Crippen molar-refractivity contribution in [1.29, 1.82) is 0 Å². The Morgan fingerprint density at radius 1 is 1.21 bits per heavy atom. The molecule has 0 spiro atoms. The van der Waals surface area contributed by atoms with Crippen LogP contribution in [0, 0.1) is 12.3 Å². The van der Waals surface area contributed by atoms with Gasteiger partial charge in [0.1, 0.15) is 11.6 Å². The third-order valence-electron chi connectivity index (χ3n) is 4.47. The van der Waals surface area contributed by atoms with Crippen molar-refractivity contribution >= 4 is 0 Å². The molecule has 1 aromatic rings. The molecular weight excluding hydrogens is 236 g/mol. The van der Waals surface area contributed by atoms with E-state index < -0.39 is 0 Å². The van der Waals surface area contributed by atoms with Crippen LogP contribution in [-0.4, -0.2) is 21.3 Å². The van der Waals surface area contributed by atoms with Gasteiger partial charge in [-0.05, 0) is 44.6 Å². The molecule has 1 saturated carbocycles. The van der Waals surface area contributed by atoms with Crippen LogP contribution >= 0.6 is 0 Å². The molecule has 1 aromatic heterocycles. The Hall–Kier alpha value is -0.900. The highest BCUT2D eigenvalue weighted by Crippen LogP contribution is 2.32. The highest BCUT2D eigenvalue weighted by molar-refractivity contribution is 4.99. The first kappa shape index (κ1) is 14.5.